The molecule has 0 unspecified atom stereocenters. The molecule has 1 heterocycles. The van der Waals surface area contributed by atoms with Gasteiger partial charge in [0.15, 0.2) is 0 Å². The quantitative estimate of drug-likeness (QED) is 0.731. The Morgan fingerprint density at radius 2 is 1.94 bits per heavy atom. The van der Waals surface area contributed by atoms with Crippen LogP contribution in [0, 0.1) is 24.1 Å². The molecule has 0 atom stereocenters. The van der Waals surface area contributed by atoms with Crippen molar-refractivity contribution in [2.45, 2.75) is 6.92 Å². The summed E-state index contributed by atoms with van der Waals surface area (Å²) in [6, 6.07) is 4.78. The maximum atomic E-state index is 13.7. The number of benzene rings is 1. The summed E-state index contributed by atoms with van der Waals surface area (Å²) in [6.45, 7) is 1.71. The van der Waals surface area contributed by atoms with Crippen molar-refractivity contribution in [2.75, 3.05) is 0 Å². The zero-order valence-electron chi connectivity index (χ0n) is 8.61. The largest absolute Gasteiger partial charge is 0.244 e. The fourth-order valence-electron chi connectivity index (χ4n) is 1.58. The van der Waals surface area contributed by atoms with E-state index in [1.54, 1.807) is 6.92 Å². The summed E-state index contributed by atoms with van der Waals surface area (Å²) in [4.78, 5) is 7.68. The van der Waals surface area contributed by atoms with Crippen LogP contribution in [-0.4, -0.2) is 9.97 Å². The van der Waals surface area contributed by atoms with Crippen molar-refractivity contribution in [3.05, 3.63) is 47.8 Å². The second-order valence-electron chi connectivity index (χ2n) is 3.33. The number of nitrogens with zero attached hydrogens (tertiary/aromatic N) is 3. The van der Waals surface area contributed by atoms with Gasteiger partial charge in [0.2, 0.25) is 0 Å². The minimum Gasteiger partial charge on any atom is -0.244 e. The molecule has 0 aliphatic heterocycles. The Balaban J connectivity index is 2.70. The zero-order chi connectivity index (χ0) is 11.5. The van der Waals surface area contributed by atoms with Gasteiger partial charge in [0.25, 0.3) is 0 Å². The van der Waals surface area contributed by atoms with Gasteiger partial charge < -0.3 is 0 Å². The molecule has 0 aliphatic rings. The highest BCUT2D eigenvalue weighted by molar-refractivity contribution is 5.69. The highest BCUT2D eigenvalue weighted by Gasteiger charge is 2.12. The maximum absolute atomic E-state index is 13.7. The molecule has 0 bridgehead atoms. The minimum absolute atomic E-state index is 0.369. The molecule has 1 aromatic carbocycles. The Hall–Kier alpha value is -2.28. The molecule has 0 spiro atoms. The molecule has 0 saturated carbocycles. The molecule has 0 amide bonds. The molecule has 16 heavy (non-hydrogen) atoms. The standard InChI is InChI=1S/C12H8FN3/c1-8-9(4-14)2-3-11(13)12(8)10-5-15-7-16-6-10/h2-3,5-7H,1H3. The smallest absolute Gasteiger partial charge is 0.131 e. The van der Waals surface area contributed by atoms with Crippen molar-refractivity contribution in [1.82, 2.24) is 9.97 Å². The van der Waals surface area contributed by atoms with E-state index in [4.69, 9.17) is 5.26 Å². The Bertz CT molecular complexity index is 558. The van der Waals surface area contributed by atoms with Crippen molar-refractivity contribution in [3.63, 3.8) is 0 Å². The molecule has 4 heteroatoms. The van der Waals surface area contributed by atoms with Crippen molar-refractivity contribution in [3.8, 4) is 17.2 Å². The van der Waals surface area contributed by atoms with Crippen LogP contribution in [0.1, 0.15) is 11.1 Å². The molecule has 0 saturated heterocycles. The summed E-state index contributed by atoms with van der Waals surface area (Å²) < 4.78 is 13.7. The fourth-order valence-corrected chi connectivity index (χ4v) is 1.58. The summed E-state index contributed by atoms with van der Waals surface area (Å²) in [7, 11) is 0. The third kappa shape index (κ3) is 1.63. The molecule has 3 nitrogen and oxygen atoms in total. The van der Waals surface area contributed by atoms with E-state index in [0.717, 1.165) is 0 Å². The van der Waals surface area contributed by atoms with E-state index in [1.807, 2.05) is 6.07 Å². The lowest BCUT2D eigenvalue weighted by molar-refractivity contribution is 0.630. The van der Waals surface area contributed by atoms with Crippen LogP contribution in [-0.2, 0) is 0 Å². The third-order valence-corrected chi connectivity index (χ3v) is 2.38. The van der Waals surface area contributed by atoms with Crippen LogP contribution in [0.15, 0.2) is 30.9 Å². The van der Waals surface area contributed by atoms with Gasteiger partial charge in [0, 0.05) is 23.5 Å². The first-order chi connectivity index (χ1) is 7.74. The van der Waals surface area contributed by atoms with Crippen molar-refractivity contribution < 1.29 is 4.39 Å². The van der Waals surface area contributed by atoms with Crippen molar-refractivity contribution in [2.24, 2.45) is 0 Å². The van der Waals surface area contributed by atoms with Gasteiger partial charge in [-0.3, -0.25) is 0 Å². The Labute approximate surface area is 92.2 Å². The number of aromatic nitrogens is 2. The average Bonchev–Trinajstić information content (AvgIpc) is 2.31. The van der Waals surface area contributed by atoms with Gasteiger partial charge >= 0.3 is 0 Å². The summed E-state index contributed by atoms with van der Waals surface area (Å²) in [5, 5.41) is 8.88. The van der Waals surface area contributed by atoms with E-state index in [-0.39, 0.29) is 5.82 Å². The molecular formula is C12H8FN3. The van der Waals surface area contributed by atoms with E-state index in [9.17, 15) is 4.39 Å². The third-order valence-electron chi connectivity index (χ3n) is 2.38. The second-order valence-corrected chi connectivity index (χ2v) is 3.33. The van der Waals surface area contributed by atoms with Gasteiger partial charge in [-0.2, -0.15) is 5.26 Å². The fraction of sp³-hybridized carbons (Fsp3) is 0.0833. The van der Waals surface area contributed by atoms with Crippen LogP contribution in [0.3, 0.4) is 0 Å². The lowest BCUT2D eigenvalue weighted by Gasteiger charge is -2.07. The first-order valence-electron chi connectivity index (χ1n) is 4.68. The Morgan fingerprint density at radius 3 is 2.56 bits per heavy atom. The van der Waals surface area contributed by atoms with E-state index >= 15 is 0 Å². The molecule has 0 aliphatic carbocycles. The molecule has 1 aromatic heterocycles. The van der Waals surface area contributed by atoms with Gasteiger partial charge in [-0.25, -0.2) is 14.4 Å². The first kappa shape index (κ1) is 10.2. The van der Waals surface area contributed by atoms with Crippen LogP contribution in [0.5, 0.6) is 0 Å². The van der Waals surface area contributed by atoms with Crippen LogP contribution in [0.4, 0.5) is 4.39 Å². The lowest BCUT2D eigenvalue weighted by atomic mass is 9.98. The van der Waals surface area contributed by atoms with Crippen LogP contribution < -0.4 is 0 Å². The highest BCUT2D eigenvalue weighted by Crippen LogP contribution is 2.27. The zero-order valence-corrected chi connectivity index (χ0v) is 8.61. The summed E-state index contributed by atoms with van der Waals surface area (Å²) >= 11 is 0. The Kier molecular flexibility index (Phi) is 2.61. The molecular weight excluding hydrogens is 205 g/mol. The van der Waals surface area contributed by atoms with Gasteiger partial charge in [0.1, 0.15) is 12.1 Å². The summed E-state index contributed by atoms with van der Waals surface area (Å²) in [5.74, 6) is -0.369. The maximum Gasteiger partial charge on any atom is 0.131 e. The van der Waals surface area contributed by atoms with Crippen LogP contribution in [0.25, 0.3) is 11.1 Å². The number of hydrogen-bond acceptors (Lipinski definition) is 3. The van der Waals surface area contributed by atoms with Gasteiger partial charge in [0.05, 0.1) is 11.6 Å². The Morgan fingerprint density at radius 1 is 1.25 bits per heavy atom. The second kappa shape index (κ2) is 4.07. The predicted molar refractivity (Wildman–Crippen MR) is 56.9 cm³/mol. The average molecular weight is 213 g/mol. The van der Waals surface area contributed by atoms with E-state index in [2.05, 4.69) is 9.97 Å². The molecule has 2 aromatic rings. The van der Waals surface area contributed by atoms with E-state index in [1.165, 1.54) is 30.9 Å². The van der Waals surface area contributed by atoms with Gasteiger partial charge in [-0.15, -0.1) is 0 Å². The minimum atomic E-state index is -0.369. The highest BCUT2D eigenvalue weighted by atomic mass is 19.1. The molecule has 78 valence electrons. The predicted octanol–water partition coefficient (Wildman–Crippen LogP) is 2.46. The number of rotatable bonds is 1. The number of halogens is 1. The van der Waals surface area contributed by atoms with Crippen molar-refractivity contribution >= 4 is 0 Å². The van der Waals surface area contributed by atoms with E-state index in [0.29, 0.717) is 22.3 Å². The van der Waals surface area contributed by atoms with Crippen LogP contribution >= 0.6 is 0 Å². The summed E-state index contributed by atoms with van der Waals surface area (Å²) in [5.41, 5.74) is 2.03. The lowest BCUT2D eigenvalue weighted by Crippen LogP contribution is -1.93. The van der Waals surface area contributed by atoms with Crippen molar-refractivity contribution in [1.29, 1.82) is 5.26 Å². The van der Waals surface area contributed by atoms with E-state index < -0.39 is 0 Å². The SMILES string of the molecule is Cc1c(C#N)ccc(F)c1-c1cncnc1. The molecule has 2 rings (SSSR count). The molecule has 0 radical (unpaired) electrons. The monoisotopic (exact) mass is 213 g/mol. The molecule has 0 fully saturated rings. The summed E-state index contributed by atoms with van der Waals surface area (Å²) in [6.07, 6.45) is 4.43. The normalized spacial score (nSPS) is 9.81. The van der Waals surface area contributed by atoms with Gasteiger partial charge in [-0.1, -0.05) is 0 Å². The first-order valence-corrected chi connectivity index (χ1v) is 4.68. The molecule has 0 N–H and O–H groups in total. The van der Waals surface area contributed by atoms with Crippen LogP contribution in [0.2, 0.25) is 0 Å². The van der Waals surface area contributed by atoms with Gasteiger partial charge in [-0.05, 0) is 24.6 Å². The number of hydrogen-bond donors (Lipinski definition) is 0. The number of nitriles is 1. The topological polar surface area (TPSA) is 49.6 Å².